The quantitative estimate of drug-likeness (QED) is 0.779. The van der Waals surface area contributed by atoms with Crippen LogP contribution in [0.3, 0.4) is 0 Å². The molecule has 0 unspecified atom stereocenters. The molecule has 2 nitrogen and oxygen atoms in total. The van der Waals surface area contributed by atoms with Gasteiger partial charge in [-0.3, -0.25) is 0 Å². The van der Waals surface area contributed by atoms with Crippen molar-refractivity contribution in [3.05, 3.63) is 35.4 Å². The van der Waals surface area contributed by atoms with Gasteiger partial charge in [-0.15, -0.1) is 0 Å². The molecule has 0 aliphatic heterocycles. The minimum Gasteiger partial charge on any atom is -0.396 e. The zero-order chi connectivity index (χ0) is 10.6. The lowest BCUT2D eigenvalue weighted by atomic mass is 10.0. The molecule has 4 heteroatoms. The van der Waals surface area contributed by atoms with Crippen LogP contribution in [-0.4, -0.2) is 11.7 Å². The van der Waals surface area contributed by atoms with E-state index in [4.69, 9.17) is 10.8 Å². The largest absolute Gasteiger partial charge is 0.396 e. The van der Waals surface area contributed by atoms with E-state index in [1.54, 1.807) is 0 Å². The van der Waals surface area contributed by atoms with E-state index >= 15 is 0 Å². The number of rotatable bonds is 4. The zero-order valence-corrected chi connectivity index (χ0v) is 7.71. The number of nitrogens with two attached hydrogens (primary N) is 1. The molecule has 0 bridgehead atoms. The predicted octanol–water partition coefficient (Wildman–Crippen LogP) is 1.74. The third-order valence-corrected chi connectivity index (χ3v) is 2.03. The lowest BCUT2D eigenvalue weighted by Crippen LogP contribution is -2.13. The van der Waals surface area contributed by atoms with Crippen molar-refractivity contribution in [3.63, 3.8) is 0 Å². The highest BCUT2D eigenvalue weighted by Crippen LogP contribution is 2.19. The monoisotopic (exact) mass is 201 g/mol. The summed E-state index contributed by atoms with van der Waals surface area (Å²) < 4.78 is 25.9. The maximum Gasteiger partial charge on any atom is 0.128 e. The van der Waals surface area contributed by atoms with Gasteiger partial charge in [0.25, 0.3) is 0 Å². The van der Waals surface area contributed by atoms with Gasteiger partial charge in [0.1, 0.15) is 11.6 Å². The van der Waals surface area contributed by atoms with Crippen molar-refractivity contribution < 1.29 is 13.9 Å². The second kappa shape index (κ2) is 5.02. The number of hydrogen-bond acceptors (Lipinski definition) is 2. The summed E-state index contributed by atoms with van der Waals surface area (Å²) in [5, 5.41) is 8.56. The standard InChI is InChI=1S/C10H13F2NO/c11-7-3-4-9(12)8(6-7)10(13)2-1-5-14/h3-4,6,10,14H,1-2,5,13H2/t10-/m0/s1. The van der Waals surface area contributed by atoms with Gasteiger partial charge >= 0.3 is 0 Å². The molecule has 1 aromatic rings. The molecule has 0 fully saturated rings. The summed E-state index contributed by atoms with van der Waals surface area (Å²) in [6.07, 6.45) is 0.925. The van der Waals surface area contributed by atoms with E-state index < -0.39 is 17.7 Å². The maximum atomic E-state index is 13.1. The Kier molecular flexibility index (Phi) is 3.98. The molecular weight excluding hydrogens is 188 g/mol. The van der Waals surface area contributed by atoms with Crippen LogP contribution in [0.1, 0.15) is 24.4 Å². The Morgan fingerprint density at radius 2 is 2.07 bits per heavy atom. The van der Waals surface area contributed by atoms with E-state index in [-0.39, 0.29) is 12.2 Å². The predicted molar refractivity (Wildman–Crippen MR) is 49.6 cm³/mol. The van der Waals surface area contributed by atoms with Crippen molar-refractivity contribution in [1.29, 1.82) is 0 Å². The Hall–Kier alpha value is -1.00. The molecule has 1 atom stereocenters. The third-order valence-electron chi connectivity index (χ3n) is 2.03. The first-order valence-electron chi connectivity index (χ1n) is 4.46. The van der Waals surface area contributed by atoms with E-state index in [0.717, 1.165) is 18.2 Å². The van der Waals surface area contributed by atoms with Gasteiger partial charge in [-0.05, 0) is 31.0 Å². The first kappa shape index (κ1) is 11.1. The smallest absolute Gasteiger partial charge is 0.128 e. The molecular formula is C10H13F2NO. The molecule has 1 rings (SSSR count). The average Bonchev–Trinajstić information content (AvgIpc) is 2.18. The van der Waals surface area contributed by atoms with Crippen LogP contribution >= 0.6 is 0 Å². The molecule has 1 aromatic carbocycles. The minimum absolute atomic E-state index is 0.00460. The van der Waals surface area contributed by atoms with E-state index in [0.29, 0.717) is 12.8 Å². The van der Waals surface area contributed by atoms with Crippen molar-refractivity contribution in [2.45, 2.75) is 18.9 Å². The Morgan fingerprint density at radius 1 is 1.36 bits per heavy atom. The first-order valence-corrected chi connectivity index (χ1v) is 4.46. The first-order chi connectivity index (χ1) is 6.65. The van der Waals surface area contributed by atoms with Crippen molar-refractivity contribution in [2.24, 2.45) is 5.73 Å². The van der Waals surface area contributed by atoms with Crippen LogP contribution in [0.25, 0.3) is 0 Å². The lowest BCUT2D eigenvalue weighted by Gasteiger charge is -2.11. The fourth-order valence-corrected chi connectivity index (χ4v) is 1.27. The van der Waals surface area contributed by atoms with Gasteiger partial charge in [0.15, 0.2) is 0 Å². The highest BCUT2D eigenvalue weighted by atomic mass is 19.1. The number of benzene rings is 1. The number of halogens is 2. The maximum absolute atomic E-state index is 13.1. The van der Waals surface area contributed by atoms with Gasteiger partial charge in [0, 0.05) is 18.2 Å². The fraction of sp³-hybridized carbons (Fsp3) is 0.400. The second-order valence-corrected chi connectivity index (χ2v) is 3.14. The van der Waals surface area contributed by atoms with Crippen LogP contribution in [0.4, 0.5) is 8.78 Å². The molecule has 0 amide bonds. The molecule has 0 spiro atoms. The molecule has 0 aliphatic carbocycles. The summed E-state index contributed by atoms with van der Waals surface area (Å²) >= 11 is 0. The van der Waals surface area contributed by atoms with Crippen LogP contribution in [0, 0.1) is 11.6 Å². The molecule has 0 saturated carbocycles. The van der Waals surface area contributed by atoms with E-state index in [2.05, 4.69) is 0 Å². The average molecular weight is 201 g/mol. The van der Waals surface area contributed by atoms with Gasteiger partial charge in [0.05, 0.1) is 0 Å². The van der Waals surface area contributed by atoms with Crippen molar-refractivity contribution in [3.8, 4) is 0 Å². The summed E-state index contributed by atoms with van der Waals surface area (Å²) in [5.74, 6) is -1.00. The third kappa shape index (κ3) is 2.75. The van der Waals surface area contributed by atoms with Crippen LogP contribution in [0.15, 0.2) is 18.2 Å². The Morgan fingerprint density at radius 3 is 2.71 bits per heavy atom. The molecule has 14 heavy (non-hydrogen) atoms. The zero-order valence-electron chi connectivity index (χ0n) is 7.71. The van der Waals surface area contributed by atoms with Gasteiger partial charge in [0.2, 0.25) is 0 Å². The molecule has 78 valence electrons. The number of aliphatic hydroxyl groups excluding tert-OH is 1. The Bertz CT molecular complexity index is 304. The number of hydrogen-bond donors (Lipinski definition) is 2. The van der Waals surface area contributed by atoms with Gasteiger partial charge in [-0.2, -0.15) is 0 Å². The van der Waals surface area contributed by atoms with Crippen LogP contribution in [-0.2, 0) is 0 Å². The summed E-state index contributed by atoms with van der Waals surface area (Å²) in [7, 11) is 0. The molecule has 0 heterocycles. The molecule has 0 radical (unpaired) electrons. The van der Waals surface area contributed by atoms with E-state index in [9.17, 15) is 8.78 Å². The van der Waals surface area contributed by atoms with Crippen molar-refractivity contribution in [2.75, 3.05) is 6.61 Å². The summed E-state index contributed by atoms with van der Waals surface area (Å²) in [6, 6.07) is 2.65. The molecule has 3 N–H and O–H groups in total. The fourth-order valence-electron chi connectivity index (χ4n) is 1.27. The second-order valence-electron chi connectivity index (χ2n) is 3.14. The Labute approximate surface area is 81.4 Å². The summed E-state index contributed by atoms with van der Waals surface area (Å²) in [5.41, 5.74) is 5.80. The van der Waals surface area contributed by atoms with Gasteiger partial charge in [-0.25, -0.2) is 8.78 Å². The molecule has 0 saturated heterocycles. The van der Waals surface area contributed by atoms with Gasteiger partial charge in [-0.1, -0.05) is 0 Å². The SMILES string of the molecule is N[C@@H](CCCO)c1cc(F)ccc1F. The van der Waals surface area contributed by atoms with Gasteiger partial charge < -0.3 is 10.8 Å². The van der Waals surface area contributed by atoms with Crippen LogP contribution < -0.4 is 5.73 Å². The van der Waals surface area contributed by atoms with Crippen LogP contribution in [0.5, 0.6) is 0 Å². The summed E-state index contributed by atoms with van der Waals surface area (Å²) in [4.78, 5) is 0. The number of aliphatic hydroxyl groups is 1. The van der Waals surface area contributed by atoms with E-state index in [1.165, 1.54) is 0 Å². The minimum atomic E-state index is -0.558. The normalized spacial score (nSPS) is 12.9. The van der Waals surface area contributed by atoms with E-state index in [1.807, 2.05) is 0 Å². The summed E-state index contributed by atoms with van der Waals surface area (Å²) in [6.45, 7) is 0.00460. The lowest BCUT2D eigenvalue weighted by molar-refractivity contribution is 0.279. The Balaban J connectivity index is 2.77. The van der Waals surface area contributed by atoms with Crippen molar-refractivity contribution in [1.82, 2.24) is 0 Å². The highest BCUT2D eigenvalue weighted by Gasteiger charge is 2.11. The van der Waals surface area contributed by atoms with Crippen molar-refractivity contribution >= 4 is 0 Å². The molecule has 0 aromatic heterocycles. The van der Waals surface area contributed by atoms with Crippen LogP contribution in [0.2, 0.25) is 0 Å². The molecule has 0 aliphatic rings. The topological polar surface area (TPSA) is 46.2 Å². The highest BCUT2D eigenvalue weighted by molar-refractivity contribution is 5.21.